The highest BCUT2D eigenvalue weighted by Gasteiger charge is 2.16. The van der Waals surface area contributed by atoms with E-state index in [1.54, 1.807) is 4.90 Å². The Balaban J connectivity index is 1.95. The highest BCUT2D eigenvalue weighted by atomic mass is 16.5. The second kappa shape index (κ2) is 6.06. The fourth-order valence-corrected chi connectivity index (χ4v) is 2.19. The second-order valence-corrected chi connectivity index (χ2v) is 5.19. The summed E-state index contributed by atoms with van der Waals surface area (Å²) in [6.07, 6.45) is 1.20. The molecular weight excluding hydrogens is 240 g/mol. The van der Waals surface area contributed by atoms with Gasteiger partial charge in [0.15, 0.2) is 0 Å². The molecule has 0 aromatic heterocycles. The number of hydrogen-bond acceptors (Lipinski definition) is 3. The maximum absolute atomic E-state index is 12.3. The molecule has 0 bridgehead atoms. The maximum atomic E-state index is 12.3. The molecule has 104 valence electrons. The quantitative estimate of drug-likeness (QED) is 0.884. The first-order valence-corrected chi connectivity index (χ1v) is 6.82. The average Bonchev–Trinajstić information content (AvgIpc) is 2.84. The standard InChI is InChI=1S/C15H22N2O2/c1-11(2)19-9-8-17(3)15(18)13-4-5-14-12(10-13)6-7-16-14/h4-5,10-11,16H,6-9H2,1-3H3. The van der Waals surface area contributed by atoms with E-state index in [4.69, 9.17) is 4.74 Å². The van der Waals surface area contributed by atoms with Crippen molar-refractivity contribution in [2.24, 2.45) is 0 Å². The van der Waals surface area contributed by atoms with Crippen LogP contribution in [-0.2, 0) is 11.2 Å². The van der Waals surface area contributed by atoms with Crippen molar-refractivity contribution >= 4 is 11.6 Å². The molecular formula is C15H22N2O2. The van der Waals surface area contributed by atoms with Crippen LogP contribution in [0.25, 0.3) is 0 Å². The van der Waals surface area contributed by atoms with Gasteiger partial charge < -0.3 is 15.0 Å². The van der Waals surface area contributed by atoms with Gasteiger partial charge in [0.1, 0.15) is 0 Å². The number of rotatable bonds is 5. The van der Waals surface area contributed by atoms with Crippen molar-refractivity contribution < 1.29 is 9.53 Å². The molecule has 1 aliphatic heterocycles. The molecule has 0 saturated carbocycles. The van der Waals surface area contributed by atoms with Crippen molar-refractivity contribution in [1.82, 2.24) is 4.90 Å². The molecule has 0 saturated heterocycles. The first-order chi connectivity index (χ1) is 9.08. The molecule has 1 amide bonds. The van der Waals surface area contributed by atoms with Crippen molar-refractivity contribution in [2.45, 2.75) is 26.4 Å². The van der Waals surface area contributed by atoms with Crippen LogP contribution in [-0.4, -0.2) is 43.7 Å². The van der Waals surface area contributed by atoms with Gasteiger partial charge in [-0.25, -0.2) is 0 Å². The van der Waals surface area contributed by atoms with Crippen molar-refractivity contribution in [1.29, 1.82) is 0 Å². The summed E-state index contributed by atoms with van der Waals surface area (Å²) >= 11 is 0. The van der Waals surface area contributed by atoms with Gasteiger partial charge in [-0.2, -0.15) is 0 Å². The smallest absolute Gasteiger partial charge is 0.253 e. The van der Waals surface area contributed by atoms with E-state index in [1.165, 1.54) is 5.56 Å². The van der Waals surface area contributed by atoms with Crippen LogP contribution < -0.4 is 5.32 Å². The van der Waals surface area contributed by atoms with Gasteiger partial charge in [0, 0.05) is 31.4 Å². The number of nitrogens with one attached hydrogen (secondary N) is 1. The Kier molecular flexibility index (Phi) is 4.43. The number of benzene rings is 1. The highest BCUT2D eigenvalue weighted by molar-refractivity contribution is 5.94. The van der Waals surface area contributed by atoms with Crippen LogP contribution in [0, 0.1) is 0 Å². The predicted molar refractivity (Wildman–Crippen MR) is 76.7 cm³/mol. The lowest BCUT2D eigenvalue weighted by Crippen LogP contribution is -2.30. The lowest BCUT2D eigenvalue weighted by atomic mass is 10.1. The van der Waals surface area contributed by atoms with E-state index in [1.807, 2.05) is 39.1 Å². The van der Waals surface area contributed by atoms with Crippen LogP contribution in [0.1, 0.15) is 29.8 Å². The SMILES string of the molecule is CC(C)OCCN(C)C(=O)c1ccc2c(c1)CCN2. The Bertz CT molecular complexity index is 457. The number of ether oxygens (including phenoxy) is 1. The van der Waals surface area contributed by atoms with Crippen LogP contribution in [0.4, 0.5) is 5.69 Å². The maximum Gasteiger partial charge on any atom is 0.253 e. The molecule has 4 heteroatoms. The predicted octanol–water partition coefficient (Wildman–Crippen LogP) is 2.15. The zero-order chi connectivity index (χ0) is 13.8. The van der Waals surface area contributed by atoms with E-state index in [0.29, 0.717) is 13.2 Å². The molecule has 0 unspecified atom stereocenters. The molecule has 1 aromatic rings. The first-order valence-electron chi connectivity index (χ1n) is 6.82. The van der Waals surface area contributed by atoms with Gasteiger partial charge in [0.25, 0.3) is 5.91 Å². The summed E-state index contributed by atoms with van der Waals surface area (Å²) in [6, 6.07) is 5.88. The first kappa shape index (κ1) is 13.9. The van der Waals surface area contributed by atoms with Crippen LogP contribution in [0.3, 0.4) is 0 Å². The van der Waals surface area contributed by atoms with Crippen molar-refractivity contribution in [2.75, 3.05) is 32.1 Å². The molecule has 0 atom stereocenters. The van der Waals surface area contributed by atoms with Gasteiger partial charge in [0.2, 0.25) is 0 Å². The Morgan fingerprint density at radius 2 is 2.26 bits per heavy atom. The minimum atomic E-state index is 0.0575. The number of amides is 1. The minimum absolute atomic E-state index is 0.0575. The number of hydrogen-bond donors (Lipinski definition) is 1. The van der Waals surface area contributed by atoms with E-state index in [-0.39, 0.29) is 12.0 Å². The number of nitrogens with zero attached hydrogens (tertiary/aromatic N) is 1. The molecule has 1 heterocycles. The summed E-state index contributed by atoms with van der Waals surface area (Å²) in [7, 11) is 1.82. The van der Waals surface area contributed by atoms with E-state index in [2.05, 4.69) is 5.32 Å². The van der Waals surface area contributed by atoms with Crippen LogP contribution >= 0.6 is 0 Å². The third-order valence-corrected chi connectivity index (χ3v) is 3.29. The van der Waals surface area contributed by atoms with Crippen molar-refractivity contribution in [3.63, 3.8) is 0 Å². The zero-order valence-corrected chi connectivity index (χ0v) is 11.9. The highest BCUT2D eigenvalue weighted by Crippen LogP contribution is 2.23. The minimum Gasteiger partial charge on any atom is -0.384 e. The molecule has 1 aliphatic rings. The lowest BCUT2D eigenvalue weighted by molar-refractivity contribution is 0.0532. The molecule has 0 aliphatic carbocycles. The van der Waals surface area contributed by atoms with Crippen LogP contribution in [0.2, 0.25) is 0 Å². The molecule has 2 rings (SSSR count). The monoisotopic (exact) mass is 262 g/mol. The summed E-state index contributed by atoms with van der Waals surface area (Å²) in [6.45, 7) is 6.15. The van der Waals surface area contributed by atoms with E-state index >= 15 is 0 Å². The Hall–Kier alpha value is -1.55. The largest absolute Gasteiger partial charge is 0.384 e. The number of likely N-dealkylation sites (N-methyl/N-ethyl adjacent to an activating group) is 1. The summed E-state index contributed by atoms with van der Waals surface area (Å²) in [5.74, 6) is 0.0575. The molecule has 0 spiro atoms. The Labute approximate surface area is 114 Å². The Morgan fingerprint density at radius 1 is 1.47 bits per heavy atom. The molecule has 1 aromatic carbocycles. The lowest BCUT2D eigenvalue weighted by Gasteiger charge is -2.18. The summed E-state index contributed by atoms with van der Waals surface area (Å²) in [5, 5.41) is 3.30. The molecule has 19 heavy (non-hydrogen) atoms. The van der Waals surface area contributed by atoms with E-state index in [0.717, 1.165) is 24.2 Å². The van der Waals surface area contributed by atoms with Gasteiger partial charge in [-0.3, -0.25) is 4.79 Å². The summed E-state index contributed by atoms with van der Waals surface area (Å²) in [5.41, 5.74) is 3.15. The van der Waals surface area contributed by atoms with E-state index < -0.39 is 0 Å². The van der Waals surface area contributed by atoms with Crippen molar-refractivity contribution in [3.05, 3.63) is 29.3 Å². The second-order valence-electron chi connectivity index (χ2n) is 5.19. The number of fused-ring (bicyclic) bond motifs is 1. The van der Waals surface area contributed by atoms with E-state index in [9.17, 15) is 4.79 Å². The fraction of sp³-hybridized carbons (Fsp3) is 0.533. The van der Waals surface area contributed by atoms with Gasteiger partial charge in [-0.15, -0.1) is 0 Å². The Morgan fingerprint density at radius 3 is 3.00 bits per heavy atom. The van der Waals surface area contributed by atoms with Crippen LogP contribution in [0.5, 0.6) is 0 Å². The zero-order valence-electron chi connectivity index (χ0n) is 11.9. The van der Waals surface area contributed by atoms with Gasteiger partial charge >= 0.3 is 0 Å². The number of anilines is 1. The topological polar surface area (TPSA) is 41.6 Å². The third-order valence-electron chi connectivity index (χ3n) is 3.29. The molecule has 0 fully saturated rings. The molecule has 1 N–H and O–H groups in total. The van der Waals surface area contributed by atoms with Gasteiger partial charge in [-0.1, -0.05) is 0 Å². The summed E-state index contributed by atoms with van der Waals surface area (Å²) in [4.78, 5) is 14.0. The number of carbonyl (C=O) groups is 1. The van der Waals surface area contributed by atoms with Crippen molar-refractivity contribution in [3.8, 4) is 0 Å². The van der Waals surface area contributed by atoms with Crippen LogP contribution in [0.15, 0.2) is 18.2 Å². The normalized spacial score (nSPS) is 13.3. The molecule has 4 nitrogen and oxygen atoms in total. The fourth-order valence-electron chi connectivity index (χ4n) is 2.19. The summed E-state index contributed by atoms with van der Waals surface area (Å²) < 4.78 is 5.47. The van der Waals surface area contributed by atoms with Gasteiger partial charge in [-0.05, 0) is 44.0 Å². The third kappa shape index (κ3) is 3.47. The molecule has 0 radical (unpaired) electrons. The average molecular weight is 262 g/mol. The van der Waals surface area contributed by atoms with Gasteiger partial charge in [0.05, 0.1) is 12.7 Å². The number of carbonyl (C=O) groups excluding carboxylic acids is 1.